The van der Waals surface area contributed by atoms with Crippen LogP contribution in [0.25, 0.3) is 88.5 Å². The van der Waals surface area contributed by atoms with E-state index in [0.29, 0.717) is 0 Å². The van der Waals surface area contributed by atoms with E-state index in [1.807, 2.05) is 0 Å². The lowest BCUT2D eigenvalue weighted by molar-refractivity contribution is 0.381. The number of benzene rings is 4. The van der Waals surface area contributed by atoms with Crippen LogP contribution in [0, 0.1) is 116 Å². The third kappa shape index (κ3) is 9.04. The van der Waals surface area contributed by atoms with Gasteiger partial charge in [0.05, 0.1) is 67.1 Å². The molecule has 442 valence electrons. The van der Waals surface area contributed by atoms with Gasteiger partial charge in [-0.1, -0.05) is 0 Å². The molecule has 40 heteroatoms. The topological polar surface area (TPSA) is 275 Å². The summed E-state index contributed by atoms with van der Waals surface area (Å²) in [4.78, 5) is -0.143. The zero-order chi connectivity index (χ0) is 62.8. The zero-order valence-corrected chi connectivity index (χ0v) is 41.7. The average molecular weight is 1290 g/mol. The van der Waals surface area contributed by atoms with Crippen molar-refractivity contribution in [3.05, 3.63) is 151 Å². The number of hydrogen-bond donors (Lipinski definition) is 6. The molecule has 0 spiro atoms. The maximum atomic E-state index is 16.3. The van der Waals surface area contributed by atoms with E-state index in [2.05, 4.69) is 9.97 Å². The van der Waals surface area contributed by atoms with Crippen LogP contribution in [0.4, 0.5) is 87.8 Å². The van der Waals surface area contributed by atoms with Gasteiger partial charge in [0.2, 0.25) is 23.3 Å². The largest absolute Gasteiger partial charge is 0.353 e. The number of aromatic nitrogens is 4. The van der Waals surface area contributed by atoms with Crippen molar-refractivity contribution in [3.63, 3.8) is 0 Å². The molecule has 0 amide bonds. The van der Waals surface area contributed by atoms with E-state index in [1.54, 1.807) is 0 Å². The summed E-state index contributed by atoms with van der Waals surface area (Å²) in [5, 5.41) is 0. The maximum absolute atomic E-state index is 16.3. The van der Waals surface area contributed by atoms with Gasteiger partial charge in [0.25, 0.3) is 40.5 Å². The molecule has 0 atom stereocenters. The van der Waals surface area contributed by atoms with Crippen molar-refractivity contribution < 1.29 is 140 Å². The Bertz CT molecular complexity index is 4610. The van der Waals surface area contributed by atoms with Crippen LogP contribution >= 0.6 is 0 Å². The Morgan fingerprint density at radius 2 is 0.488 bits per heavy atom. The van der Waals surface area contributed by atoms with Crippen molar-refractivity contribution >= 4 is 84.5 Å². The average Bonchev–Trinajstić information content (AvgIpc) is 1.77. The highest BCUT2D eigenvalue weighted by atomic mass is 32.2. The third-order valence-electron chi connectivity index (χ3n) is 12.0. The molecule has 7 aromatic rings. The second-order valence-electron chi connectivity index (χ2n) is 16.7. The van der Waals surface area contributed by atoms with Crippen molar-refractivity contribution in [2.45, 2.75) is 9.79 Å². The van der Waals surface area contributed by atoms with Crippen LogP contribution < -0.4 is 0 Å². The second-order valence-corrected chi connectivity index (χ2v) is 22.3. The fourth-order valence-corrected chi connectivity index (χ4v) is 11.2. The quantitative estimate of drug-likeness (QED) is 0.0357. The Morgan fingerprint density at radius 1 is 0.286 bits per heavy atom. The zero-order valence-electron chi connectivity index (χ0n) is 38.5. The molecule has 2 aliphatic heterocycles. The van der Waals surface area contributed by atoms with E-state index in [0.717, 1.165) is 0 Å². The first-order valence-corrected chi connectivity index (χ1v) is 26.6. The second kappa shape index (κ2) is 19.7. The van der Waals surface area contributed by atoms with Gasteiger partial charge in [-0.15, -0.1) is 0 Å². The van der Waals surface area contributed by atoms with Crippen molar-refractivity contribution in [2.24, 2.45) is 0 Å². The summed E-state index contributed by atoms with van der Waals surface area (Å²) in [6.45, 7) is 0. The van der Waals surface area contributed by atoms with Gasteiger partial charge in [0, 0.05) is 22.3 Å². The molecular formula is C44H10F20N4O12S4. The molecule has 16 nitrogen and oxygen atoms in total. The normalized spacial score (nSPS) is 13.3. The molecule has 9 rings (SSSR count). The summed E-state index contributed by atoms with van der Waals surface area (Å²) >= 11 is 0. The molecular weight excluding hydrogens is 1280 g/mol. The highest BCUT2D eigenvalue weighted by Crippen LogP contribution is 2.49. The Kier molecular flexibility index (Phi) is 14.1. The Hall–Kier alpha value is -8.28. The first-order chi connectivity index (χ1) is 38.6. The molecule has 0 saturated heterocycles. The number of rotatable bonds is 8. The van der Waals surface area contributed by atoms with Gasteiger partial charge >= 0.3 is 0 Å². The fraction of sp³-hybridized carbons (Fsp3) is 0. The van der Waals surface area contributed by atoms with Crippen LogP contribution in [-0.4, -0.2) is 71.8 Å². The van der Waals surface area contributed by atoms with Crippen LogP contribution in [0.3, 0.4) is 0 Å². The van der Waals surface area contributed by atoms with Crippen molar-refractivity contribution in [2.75, 3.05) is 0 Å². The van der Waals surface area contributed by atoms with Crippen LogP contribution in [0.1, 0.15) is 22.8 Å². The minimum Gasteiger partial charge on any atom is -0.353 e. The van der Waals surface area contributed by atoms with E-state index in [4.69, 9.17) is 0 Å². The standard InChI is InChI=1S/C44H10F20N4O12S4/c45-21-17(22(46)30(54)37(61)29(21)53)13-5-1-9(81(69,70)71)41(65-5)14(18-23(47)31(55)38(62)32(56)24(18)48)6-2-11(83(75,76)77)43(67-6)16(20-27(51)35(59)40(64)36(60)28(20)52)8-4-12(84(78,79)80)44(68-8)15(7-3-10(42(13)66-7)82(72,73)74)19-25(49)33(57)39(63)34(58)26(19)50/h1-4,65,68H,(H,69,70,71)(H,72,73,74)(H,75,76,77)(H,78,79,80). The number of nitrogens with zero attached hydrogens (tertiary/aromatic N) is 2. The first-order valence-electron chi connectivity index (χ1n) is 20.9. The van der Waals surface area contributed by atoms with Gasteiger partial charge in [-0.25, -0.2) is 97.8 Å². The summed E-state index contributed by atoms with van der Waals surface area (Å²) in [6, 6.07) is -1.07. The molecule has 4 aromatic carbocycles. The summed E-state index contributed by atoms with van der Waals surface area (Å²) < 4.78 is 462. The molecule has 0 fully saturated rings. The number of halogens is 20. The fourth-order valence-electron chi connectivity index (χ4n) is 8.55. The number of fused-ring (bicyclic) bond motifs is 8. The molecule has 84 heavy (non-hydrogen) atoms. The summed E-state index contributed by atoms with van der Waals surface area (Å²) in [6.07, 6.45) is -1.13. The predicted molar refractivity (Wildman–Crippen MR) is 240 cm³/mol. The van der Waals surface area contributed by atoms with Gasteiger partial charge in [0.1, 0.15) is 19.6 Å². The van der Waals surface area contributed by atoms with Gasteiger partial charge < -0.3 is 9.97 Å². The van der Waals surface area contributed by atoms with Gasteiger partial charge in [-0.3, -0.25) is 18.2 Å². The smallest absolute Gasteiger partial charge is 0.296 e. The van der Waals surface area contributed by atoms with Crippen LogP contribution in [0.15, 0.2) is 21.9 Å². The van der Waals surface area contributed by atoms with Gasteiger partial charge in [-0.2, -0.15) is 33.7 Å². The molecule has 3 aromatic heterocycles. The first kappa shape index (κ1) is 60.3. The highest BCUT2D eigenvalue weighted by Gasteiger charge is 2.41. The molecule has 0 saturated carbocycles. The van der Waals surface area contributed by atoms with E-state index >= 15 is 70.2 Å². The van der Waals surface area contributed by atoms with Crippen LogP contribution in [0.5, 0.6) is 0 Å². The van der Waals surface area contributed by atoms with E-state index in [1.165, 1.54) is 9.97 Å². The lowest BCUT2D eigenvalue weighted by Crippen LogP contribution is -2.07. The minimum absolute atomic E-state index is 0.536. The molecule has 2 aliphatic rings. The molecule has 0 unspecified atom stereocenters. The lowest BCUT2D eigenvalue weighted by atomic mass is 10.0. The Balaban J connectivity index is 1.84. The Labute approximate surface area is 448 Å². The molecule has 5 heterocycles. The van der Waals surface area contributed by atoms with Crippen LogP contribution in [0.2, 0.25) is 0 Å². The SMILES string of the molecule is O=S(=O)(O)C1=Cc2nc1c(-c1c(F)c(F)c(F)c(F)c1F)c1cc(S(=O)(=O)O)c([nH]1)c(-c1c(F)c(F)c(F)c(F)c1F)c1nc(c(-c3c(F)c(F)c(F)c(F)c3F)c3cc(S(=O)(=O)O)c([nH]3)c2-c2c(F)c(F)c(F)c(F)c2F)C(S(=O)(=O)O)=C1. The van der Waals surface area contributed by atoms with Gasteiger partial charge in [-0.05, 0) is 24.3 Å². The third-order valence-corrected chi connectivity index (χ3v) is 15.5. The van der Waals surface area contributed by atoms with E-state index in [9.17, 15) is 69.4 Å². The van der Waals surface area contributed by atoms with Crippen molar-refractivity contribution in [3.8, 4) is 44.5 Å². The summed E-state index contributed by atoms with van der Waals surface area (Å²) in [5.74, 6) is -64.4. The summed E-state index contributed by atoms with van der Waals surface area (Å²) in [7, 11) is -26.7. The van der Waals surface area contributed by atoms with Crippen LogP contribution in [-0.2, 0) is 40.5 Å². The molecule has 6 N–H and O–H groups in total. The minimum atomic E-state index is -6.69. The van der Waals surface area contributed by atoms with E-state index in [-0.39, 0.29) is 0 Å². The highest BCUT2D eigenvalue weighted by molar-refractivity contribution is 7.96. The van der Waals surface area contributed by atoms with Crippen molar-refractivity contribution in [1.29, 1.82) is 0 Å². The Morgan fingerprint density at radius 3 is 0.690 bits per heavy atom. The van der Waals surface area contributed by atoms with Crippen molar-refractivity contribution in [1.82, 2.24) is 19.9 Å². The maximum Gasteiger partial charge on any atom is 0.296 e. The predicted octanol–water partition coefficient (Wildman–Crippen LogP) is 11.0. The number of hydrogen-bond acceptors (Lipinski definition) is 10. The van der Waals surface area contributed by atoms with Gasteiger partial charge in [0.15, 0.2) is 93.1 Å². The van der Waals surface area contributed by atoms with E-state index < -0.39 is 290 Å². The number of nitrogens with one attached hydrogen (secondary N) is 2. The molecule has 0 radical (unpaired) electrons. The molecule has 0 aliphatic carbocycles. The summed E-state index contributed by atoms with van der Waals surface area (Å²) in [5.41, 5.74) is -38.9. The number of H-pyrrole nitrogens is 2. The monoisotopic (exact) mass is 1290 g/mol. The number of aromatic amines is 2. The lowest BCUT2D eigenvalue weighted by Gasteiger charge is -2.12. The molecule has 8 bridgehead atoms.